The normalized spacial score (nSPS) is 19.6. The summed E-state index contributed by atoms with van der Waals surface area (Å²) in [4.78, 5) is 0. The van der Waals surface area contributed by atoms with Crippen LogP contribution in [0.25, 0.3) is 0 Å². The van der Waals surface area contributed by atoms with E-state index in [9.17, 15) is 5.11 Å². The summed E-state index contributed by atoms with van der Waals surface area (Å²) >= 11 is 3.43. The Morgan fingerprint density at radius 2 is 1.88 bits per heavy atom. The van der Waals surface area contributed by atoms with E-state index in [-0.39, 0.29) is 12.5 Å². The van der Waals surface area contributed by atoms with Crippen LogP contribution in [0.1, 0.15) is 24.3 Å². The molecule has 88 valence electrons. The van der Waals surface area contributed by atoms with Crippen LogP contribution in [0.15, 0.2) is 28.7 Å². The molecule has 1 saturated heterocycles. The minimum absolute atomic E-state index is 0.228. The summed E-state index contributed by atoms with van der Waals surface area (Å²) in [7, 11) is 0. The zero-order valence-corrected chi connectivity index (χ0v) is 10.8. The van der Waals surface area contributed by atoms with Gasteiger partial charge in [-0.05, 0) is 36.5 Å². The first-order valence-electron chi connectivity index (χ1n) is 5.75. The van der Waals surface area contributed by atoms with Gasteiger partial charge in [-0.25, -0.2) is 0 Å². The fourth-order valence-corrected chi connectivity index (χ4v) is 2.62. The molecule has 0 spiro atoms. The van der Waals surface area contributed by atoms with Crippen LogP contribution < -0.4 is 0 Å². The van der Waals surface area contributed by atoms with E-state index in [2.05, 4.69) is 28.1 Å². The smallest absolute Gasteiger partial charge is 0.0502 e. The first-order valence-corrected chi connectivity index (χ1v) is 6.54. The van der Waals surface area contributed by atoms with Crippen LogP contribution in [0.3, 0.4) is 0 Å². The molecule has 1 aliphatic heterocycles. The molecule has 3 heteroatoms. The molecule has 1 N–H and O–H groups in total. The lowest BCUT2D eigenvalue weighted by atomic mass is 9.82. The zero-order chi connectivity index (χ0) is 11.4. The number of halogens is 1. The highest BCUT2D eigenvalue weighted by molar-refractivity contribution is 9.10. The van der Waals surface area contributed by atoms with Crippen LogP contribution >= 0.6 is 15.9 Å². The molecule has 0 aromatic heterocycles. The van der Waals surface area contributed by atoms with E-state index in [4.69, 9.17) is 4.74 Å². The summed E-state index contributed by atoms with van der Waals surface area (Å²) in [6, 6.07) is 8.27. The second kappa shape index (κ2) is 5.80. The van der Waals surface area contributed by atoms with E-state index in [1.165, 1.54) is 5.56 Å². The summed E-state index contributed by atoms with van der Waals surface area (Å²) in [5.74, 6) is 0.817. The number of hydrogen-bond acceptors (Lipinski definition) is 2. The first kappa shape index (κ1) is 12.1. The predicted molar refractivity (Wildman–Crippen MR) is 67.5 cm³/mol. The molecule has 1 aromatic carbocycles. The average Bonchev–Trinajstić information content (AvgIpc) is 2.34. The van der Waals surface area contributed by atoms with Gasteiger partial charge < -0.3 is 9.84 Å². The highest BCUT2D eigenvalue weighted by atomic mass is 79.9. The van der Waals surface area contributed by atoms with Crippen molar-refractivity contribution in [2.45, 2.75) is 18.8 Å². The minimum atomic E-state index is 0.228. The maximum atomic E-state index is 9.55. The summed E-state index contributed by atoms with van der Waals surface area (Å²) in [6.45, 7) is 1.89. The number of ether oxygens (including phenoxy) is 1. The second-order valence-electron chi connectivity index (χ2n) is 4.29. The zero-order valence-electron chi connectivity index (χ0n) is 9.23. The van der Waals surface area contributed by atoms with Gasteiger partial charge in [0.15, 0.2) is 0 Å². The van der Waals surface area contributed by atoms with Gasteiger partial charge >= 0.3 is 0 Å². The lowest BCUT2D eigenvalue weighted by Crippen LogP contribution is -2.24. The highest BCUT2D eigenvalue weighted by Crippen LogP contribution is 2.32. The largest absolute Gasteiger partial charge is 0.396 e. The SMILES string of the molecule is OCC(c1ccc(Br)cc1)C1CCOCC1. The number of aliphatic hydroxyl groups is 1. The predicted octanol–water partition coefficient (Wildman–Crippen LogP) is 2.95. The van der Waals surface area contributed by atoms with E-state index in [0.717, 1.165) is 30.5 Å². The number of benzene rings is 1. The van der Waals surface area contributed by atoms with Crippen molar-refractivity contribution in [3.63, 3.8) is 0 Å². The molecule has 0 radical (unpaired) electrons. The monoisotopic (exact) mass is 284 g/mol. The van der Waals surface area contributed by atoms with Gasteiger partial charge in [-0.2, -0.15) is 0 Å². The van der Waals surface area contributed by atoms with Crippen molar-refractivity contribution in [3.05, 3.63) is 34.3 Å². The molecule has 0 aliphatic carbocycles. The third-order valence-electron chi connectivity index (χ3n) is 3.33. The van der Waals surface area contributed by atoms with E-state index < -0.39 is 0 Å². The Balaban J connectivity index is 2.11. The third kappa shape index (κ3) is 2.84. The van der Waals surface area contributed by atoms with Crippen LogP contribution in [0.5, 0.6) is 0 Å². The van der Waals surface area contributed by atoms with Crippen LogP contribution in [-0.2, 0) is 4.74 Å². The Hall–Kier alpha value is -0.380. The van der Waals surface area contributed by atoms with Crippen LogP contribution in [0, 0.1) is 5.92 Å². The number of rotatable bonds is 3. The molecule has 2 rings (SSSR count). The molecule has 0 bridgehead atoms. The molecule has 16 heavy (non-hydrogen) atoms. The highest BCUT2D eigenvalue weighted by Gasteiger charge is 2.24. The topological polar surface area (TPSA) is 29.5 Å². The molecule has 1 unspecified atom stereocenters. The van der Waals surface area contributed by atoms with Gasteiger partial charge in [-0.15, -0.1) is 0 Å². The van der Waals surface area contributed by atoms with Gasteiger partial charge in [0.05, 0.1) is 6.61 Å². The van der Waals surface area contributed by atoms with Crippen LogP contribution in [0.2, 0.25) is 0 Å². The summed E-state index contributed by atoms with van der Waals surface area (Å²) in [6.07, 6.45) is 2.11. The molecule has 1 heterocycles. The van der Waals surface area contributed by atoms with E-state index in [1.807, 2.05) is 12.1 Å². The van der Waals surface area contributed by atoms with Crippen molar-refractivity contribution in [3.8, 4) is 0 Å². The summed E-state index contributed by atoms with van der Waals surface area (Å²) < 4.78 is 6.44. The lowest BCUT2D eigenvalue weighted by Gasteiger charge is -2.29. The fourth-order valence-electron chi connectivity index (χ4n) is 2.35. The van der Waals surface area contributed by atoms with Gasteiger partial charge in [0.25, 0.3) is 0 Å². The maximum absolute atomic E-state index is 9.55. The minimum Gasteiger partial charge on any atom is -0.396 e. The molecule has 1 atom stereocenters. The Labute approximate surface area is 105 Å². The quantitative estimate of drug-likeness (QED) is 0.925. The molecule has 1 fully saturated rings. The molecular weight excluding hydrogens is 268 g/mol. The maximum Gasteiger partial charge on any atom is 0.0502 e. The van der Waals surface area contributed by atoms with Gasteiger partial charge in [0.1, 0.15) is 0 Å². The van der Waals surface area contributed by atoms with E-state index in [1.54, 1.807) is 0 Å². The molecule has 2 nitrogen and oxygen atoms in total. The van der Waals surface area contributed by atoms with E-state index in [0.29, 0.717) is 5.92 Å². The average molecular weight is 285 g/mol. The van der Waals surface area contributed by atoms with Crippen LogP contribution in [0.4, 0.5) is 0 Å². The number of aliphatic hydroxyl groups excluding tert-OH is 1. The van der Waals surface area contributed by atoms with Gasteiger partial charge in [-0.3, -0.25) is 0 Å². The second-order valence-corrected chi connectivity index (χ2v) is 5.21. The van der Waals surface area contributed by atoms with Crippen molar-refractivity contribution in [1.82, 2.24) is 0 Å². The van der Waals surface area contributed by atoms with Crippen molar-refractivity contribution in [2.24, 2.45) is 5.92 Å². The Bertz CT molecular complexity index is 317. The molecule has 0 amide bonds. The summed E-state index contributed by atoms with van der Waals surface area (Å²) in [5.41, 5.74) is 1.23. The van der Waals surface area contributed by atoms with Gasteiger partial charge in [-0.1, -0.05) is 28.1 Å². The molecule has 1 aliphatic rings. The van der Waals surface area contributed by atoms with Crippen LogP contribution in [-0.4, -0.2) is 24.9 Å². The Morgan fingerprint density at radius 1 is 1.25 bits per heavy atom. The summed E-state index contributed by atoms with van der Waals surface area (Å²) in [5, 5.41) is 9.55. The molecule has 1 aromatic rings. The van der Waals surface area contributed by atoms with Gasteiger partial charge in [0.2, 0.25) is 0 Å². The van der Waals surface area contributed by atoms with Crippen molar-refractivity contribution in [2.75, 3.05) is 19.8 Å². The Morgan fingerprint density at radius 3 is 2.44 bits per heavy atom. The van der Waals surface area contributed by atoms with E-state index >= 15 is 0 Å². The fraction of sp³-hybridized carbons (Fsp3) is 0.538. The first-order chi connectivity index (χ1) is 7.81. The molecule has 0 saturated carbocycles. The lowest BCUT2D eigenvalue weighted by molar-refractivity contribution is 0.0493. The molecular formula is C13H17BrO2. The van der Waals surface area contributed by atoms with Gasteiger partial charge in [0, 0.05) is 23.6 Å². The standard InChI is InChI=1S/C13H17BrO2/c14-12-3-1-10(2-4-12)13(9-15)11-5-7-16-8-6-11/h1-4,11,13,15H,5-9H2. The van der Waals surface area contributed by atoms with Crippen molar-refractivity contribution in [1.29, 1.82) is 0 Å². The van der Waals surface area contributed by atoms with Crippen molar-refractivity contribution >= 4 is 15.9 Å². The Kier molecular flexibility index (Phi) is 4.38. The number of hydrogen-bond donors (Lipinski definition) is 1. The van der Waals surface area contributed by atoms with Crippen molar-refractivity contribution < 1.29 is 9.84 Å². The third-order valence-corrected chi connectivity index (χ3v) is 3.86.